The maximum absolute atomic E-state index is 12.7. The second-order valence-corrected chi connectivity index (χ2v) is 7.46. The Kier molecular flexibility index (Phi) is 4.67. The van der Waals surface area contributed by atoms with E-state index in [2.05, 4.69) is 5.32 Å². The van der Waals surface area contributed by atoms with Gasteiger partial charge in [-0.15, -0.1) is 0 Å². The SMILES string of the molecule is COc1cc([C@H]2CC(=O)Nc3c2c(-c2ccccc2)nn3-c2ccccc2)ccc1O. The Bertz CT molecular complexity index is 1250. The molecule has 1 atom stereocenters. The minimum atomic E-state index is -0.231. The standard InChI is InChI=1S/C25H21N3O3/c1-31-21-14-17(12-13-20(21)29)19-15-22(30)26-25-23(19)24(16-8-4-2-5-9-16)27-28(25)18-10-6-3-7-11-18/h2-14,19,29H,15H2,1H3,(H,26,30)/t19-/m1/s1. The first-order chi connectivity index (χ1) is 15.2. The number of aromatic hydroxyl groups is 1. The zero-order valence-corrected chi connectivity index (χ0v) is 16.9. The molecule has 2 N–H and O–H groups in total. The van der Waals surface area contributed by atoms with Gasteiger partial charge in [0, 0.05) is 23.5 Å². The van der Waals surface area contributed by atoms with Crippen LogP contribution in [0.2, 0.25) is 0 Å². The summed E-state index contributed by atoms with van der Waals surface area (Å²) < 4.78 is 7.10. The van der Waals surface area contributed by atoms with Crippen LogP contribution in [0.5, 0.6) is 11.5 Å². The van der Waals surface area contributed by atoms with Gasteiger partial charge in [-0.1, -0.05) is 54.6 Å². The highest BCUT2D eigenvalue weighted by atomic mass is 16.5. The molecule has 1 aliphatic heterocycles. The van der Waals surface area contributed by atoms with Gasteiger partial charge >= 0.3 is 0 Å². The van der Waals surface area contributed by atoms with Gasteiger partial charge in [-0.3, -0.25) is 4.79 Å². The average Bonchev–Trinajstić information content (AvgIpc) is 3.19. The number of benzene rings is 3. The summed E-state index contributed by atoms with van der Waals surface area (Å²) in [5.41, 5.74) is 4.49. The molecule has 31 heavy (non-hydrogen) atoms. The number of nitrogens with zero attached hydrogens (tertiary/aromatic N) is 2. The molecular weight excluding hydrogens is 390 g/mol. The fraction of sp³-hybridized carbons (Fsp3) is 0.120. The third-order valence-corrected chi connectivity index (χ3v) is 5.57. The van der Waals surface area contributed by atoms with Crippen LogP contribution < -0.4 is 10.1 Å². The van der Waals surface area contributed by atoms with Crippen LogP contribution in [0.15, 0.2) is 78.9 Å². The summed E-state index contributed by atoms with van der Waals surface area (Å²) >= 11 is 0. The summed E-state index contributed by atoms with van der Waals surface area (Å²) in [4.78, 5) is 12.7. The number of amides is 1. The predicted molar refractivity (Wildman–Crippen MR) is 119 cm³/mol. The number of aromatic nitrogens is 2. The quantitative estimate of drug-likeness (QED) is 0.509. The smallest absolute Gasteiger partial charge is 0.226 e. The monoisotopic (exact) mass is 411 g/mol. The van der Waals surface area contributed by atoms with Gasteiger partial charge in [0.05, 0.1) is 18.5 Å². The van der Waals surface area contributed by atoms with Crippen LogP contribution in [0.25, 0.3) is 16.9 Å². The summed E-state index contributed by atoms with van der Waals surface area (Å²) in [6.45, 7) is 0. The van der Waals surface area contributed by atoms with E-state index >= 15 is 0 Å². The van der Waals surface area contributed by atoms with Gasteiger partial charge in [-0.05, 0) is 29.8 Å². The zero-order valence-electron chi connectivity index (χ0n) is 16.9. The Balaban J connectivity index is 1.76. The number of fused-ring (bicyclic) bond motifs is 1. The average molecular weight is 411 g/mol. The second kappa shape index (κ2) is 7.65. The van der Waals surface area contributed by atoms with Gasteiger partial charge in [-0.2, -0.15) is 5.10 Å². The van der Waals surface area contributed by atoms with E-state index in [9.17, 15) is 9.90 Å². The molecule has 0 saturated heterocycles. The molecule has 5 rings (SSSR count). The van der Waals surface area contributed by atoms with Crippen LogP contribution in [0.1, 0.15) is 23.5 Å². The van der Waals surface area contributed by atoms with Crippen LogP contribution >= 0.6 is 0 Å². The van der Waals surface area contributed by atoms with Gasteiger partial charge in [0.25, 0.3) is 0 Å². The van der Waals surface area contributed by atoms with E-state index in [0.717, 1.165) is 28.1 Å². The maximum atomic E-state index is 12.7. The van der Waals surface area contributed by atoms with Crippen LogP contribution in [0.3, 0.4) is 0 Å². The number of para-hydroxylation sites is 1. The molecule has 0 spiro atoms. The van der Waals surface area contributed by atoms with Crippen molar-refractivity contribution in [2.75, 3.05) is 12.4 Å². The summed E-state index contributed by atoms with van der Waals surface area (Å²) in [6, 6.07) is 24.9. The Hall–Kier alpha value is -4.06. The van der Waals surface area contributed by atoms with Crippen molar-refractivity contribution in [2.45, 2.75) is 12.3 Å². The van der Waals surface area contributed by atoms with E-state index in [0.29, 0.717) is 11.6 Å². The molecule has 6 nitrogen and oxygen atoms in total. The number of ether oxygens (including phenoxy) is 1. The Labute approximate surface area is 179 Å². The lowest BCUT2D eigenvalue weighted by Crippen LogP contribution is -2.24. The first-order valence-corrected chi connectivity index (χ1v) is 10.1. The molecule has 154 valence electrons. The summed E-state index contributed by atoms with van der Waals surface area (Å²) in [5.74, 6) is 0.794. The van der Waals surface area contributed by atoms with Gasteiger partial charge in [0.1, 0.15) is 5.82 Å². The molecule has 0 radical (unpaired) electrons. The predicted octanol–water partition coefficient (Wildman–Crippen LogP) is 4.73. The van der Waals surface area contributed by atoms with Crippen molar-refractivity contribution in [3.8, 4) is 28.4 Å². The maximum Gasteiger partial charge on any atom is 0.226 e. The van der Waals surface area contributed by atoms with Crippen molar-refractivity contribution < 1.29 is 14.6 Å². The van der Waals surface area contributed by atoms with E-state index in [4.69, 9.17) is 9.84 Å². The molecule has 1 aromatic heterocycles. The minimum absolute atomic E-state index is 0.0648. The summed E-state index contributed by atoms with van der Waals surface area (Å²) in [6.07, 6.45) is 0.279. The third-order valence-electron chi connectivity index (χ3n) is 5.57. The van der Waals surface area contributed by atoms with E-state index in [-0.39, 0.29) is 24.0 Å². The topological polar surface area (TPSA) is 76.4 Å². The molecule has 0 fully saturated rings. The first-order valence-electron chi connectivity index (χ1n) is 10.1. The van der Waals surface area contributed by atoms with Crippen molar-refractivity contribution in [1.82, 2.24) is 9.78 Å². The molecule has 1 amide bonds. The number of carbonyl (C=O) groups excluding carboxylic acids is 1. The Morgan fingerprint density at radius 2 is 1.74 bits per heavy atom. The highest BCUT2D eigenvalue weighted by Gasteiger charge is 2.34. The lowest BCUT2D eigenvalue weighted by Gasteiger charge is -2.25. The summed E-state index contributed by atoms with van der Waals surface area (Å²) in [7, 11) is 1.51. The van der Waals surface area contributed by atoms with Crippen LogP contribution in [-0.2, 0) is 4.79 Å². The number of hydrogen-bond acceptors (Lipinski definition) is 4. The fourth-order valence-electron chi connectivity index (χ4n) is 4.11. The number of rotatable bonds is 4. The number of carbonyl (C=O) groups is 1. The molecule has 0 saturated carbocycles. The number of phenols is 1. The van der Waals surface area contributed by atoms with Crippen LogP contribution in [-0.4, -0.2) is 27.9 Å². The van der Waals surface area contributed by atoms with E-state index < -0.39 is 0 Å². The van der Waals surface area contributed by atoms with E-state index in [1.807, 2.05) is 66.7 Å². The van der Waals surface area contributed by atoms with Crippen molar-refractivity contribution in [1.29, 1.82) is 0 Å². The fourth-order valence-corrected chi connectivity index (χ4v) is 4.11. The number of nitrogens with one attached hydrogen (secondary N) is 1. The lowest BCUT2D eigenvalue weighted by atomic mass is 9.84. The highest BCUT2D eigenvalue weighted by molar-refractivity contribution is 5.96. The van der Waals surface area contributed by atoms with Crippen molar-refractivity contribution in [2.24, 2.45) is 0 Å². The second-order valence-electron chi connectivity index (χ2n) is 7.46. The molecule has 3 aromatic carbocycles. The molecule has 1 aliphatic rings. The highest BCUT2D eigenvalue weighted by Crippen LogP contribution is 2.45. The summed E-state index contributed by atoms with van der Waals surface area (Å²) in [5, 5.41) is 18.0. The Morgan fingerprint density at radius 1 is 1.03 bits per heavy atom. The molecule has 0 unspecified atom stereocenters. The zero-order chi connectivity index (χ0) is 21.4. The van der Waals surface area contributed by atoms with E-state index in [1.54, 1.807) is 16.8 Å². The minimum Gasteiger partial charge on any atom is -0.504 e. The molecule has 4 aromatic rings. The molecule has 0 bridgehead atoms. The van der Waals surface area contributed by atoms with Crippen molar-refractivity contribution in [3.63, 3.8) is 0 Å². The number of hydrogen-bond donors (Lipinski definition) is 2. The van der Waals surface area contributed by atoms with Gasteiger partial charge in [0.15, 0.2) is 11.5 Å². The van der Waals surface area contributed by atoms with Crippen LogP contribution in [0, 0.1) is 0 Å². The number of anilines is 1. The largest absolute Gasteiger partial charge is 0.504 e. The van der Waals surface area contributed by atoms with E-state index in [1.165, 1.54) is 7.11 Å². The first kappa shape index (κ1) is 18.9. The molecule has 2 heterocycles. The molecular formula is C25H21N3O3. The van der Waals surface area contributed by atoms with Gasteiger partial charge in [0.2, 0.25) is 5.91 Å². The normalized spacial score (nSPS) is 15.3. The lowest BCUT2D eigenvalue weighted by molar-refractivity contribution is -0.116. The Morgan fingerprint density at radius 3 is 2.45 bits per heavy atom. The number of phenolic OH excluding ortho intramolecular Hbond substituents is 1. The van der Waals surface area contributed by atoms with Gasteiger partial charge < -0.3 is 15.2 Å². The molecule has 0 aliphatic carbocycles. The third kappa shape index (κ3) is 3.32. The van der Waals surface area contributed by atoms with Gasteiger partial charge in [-0.25, -0.2) is 4.68 Å². The van der Waals surface area contributed by atoms with Crippen molar-refractivity contribution in [3.05, 3.63) is 90.0 Å². The van der Waals surface area contributed by atoms with Crippen molar-refractivity contribution >= 4 is 11.7 Å². The van der Waals surface area contributed by atoms with Crippen LogP contribution in [0.4, 0.5) is 5.82 Å². The molecule has 6 heteroatoms. The number of methoxy groups -OCH3 is 1.